The van der Waals surface area contributed by atoms with Gasteiger partial charge in [0.15, 0.2) is 15.7 Å². The molecule has 0 aliphatic carbocycles. The van der Waals surface area contributed by atoms with E-state index in [2.05, 4.69) is 72.3 Å². The Labute approximate surface area is 864 Å². The van der Waals surface area contributed by atoms with Gasteiger partial charge in [0.1, 0.15) is 56.2 Å². The maximum Gasteiger partial charge on any atom is 0.639 e. The highest BCUT2D eigenvalue weighted by Crippen LogP contribution is 2.43. The van der Waals surface area contributed by atoms with E-state index in [1.54, 1.807) is 75.0 Å². The number of hydrogen-bond donors (Lipinski definition) is 3. The molecule has 0 saturated heterocycles. The zero-order valence-corrected chi connectivity index (χ0v) is 85.2. The molecule has 42 heteroatoms. The molecule has 13 aromatic carbocycles. The van der Waals surface area contributed by atoms with Crippen molar-refractivity contribution in [1.82, 2.24) is 25.3 Å². The Balaban J connectivity index is 0.000000163. The maximum atomic E-state index is 14.0. The first-order valence-corrected chi connectivity index (χ1v) is 50.2. The third kappa shape index (κ3) is 28.9. The van der Waals surface area contributed by atoms with Crippen LogP contribution in [0.2, 0.25) is 5.15 Å². The number of halogens is 12. The lowest BCUT2D eigenvalue weighted by atomic mass is 9.79. The van der Waals surface area contributed by atoms with E-state index in [-0.39, 0.29) is 34.1 Å². The van der Waals surface area contributed by atoms with Gasteiger partial charge in [-0.2, -0.15) is 34.4 Å². The number of anilines is 1. The van der Waals surface area contributed by atoms with Crippen molar-refractivity contribution in [3.05, 3.63) is 384 Å². The molecular weight excluding hydrogens is 2100 g/mol. The minimum Gasteiger partial charge on any atom is -0.497 e. The predicted molar refractivity (Wildman–Crippen MR) is 550 cm³/mol. The Morgan fingerprint density at radius 1 is 0.369 bits per heavy atom. The highest BCUT2D eigenvalue weighted by atomic mass is 79.9. The van der Waals surface area contributed by atoms with Crippen molar-refractivity contribution < 1.29 is 130 Å². The molecular formula is C107H90B2BrClF10N6O19S3. The Morgan fingerprint density at radius 2 is 0.705 bits per heavy atom. The van der Waals surface area contributed by atoms with Crippen LogP contribution in [0.25, 0.3) is 99.3 Å². The molecule has 0 aliphatic rings. The molecule has 0 amide bonds. The number of rotatable bonds is 26. The first kappa shape index (κ1) is 113. The summed E-state index contributed by atoms with van der Waals surface area (Å²) in [6.45, 7) is 11.8. The third-order valence-electron chi connectivity index (χ3n) is 21.3. The fourth-order valence-corrected chi connectivity index (χ4v) is 18.0. The summed E-state index contributed by atoms with van der Waals surface area (Å²) in [6.07, 6.45) is 7.51. The summed E-state index contributed by atoms with van der Waals surface area (Å²) in [4.78, 5) is 11.8. The number of nitrogens with zero attached hydrogens (tertiary/aromatic N) is 5. The van der Waals surface area contributed by atoms with Gasteiger partial charge < -0.3 is 66.1 Å². The first-order valence-electron chi connectivity index (χ1n) is 44.6. The lowest BCUT2D eigenvalue weighted by Crippen LogP contribution is -2.34. The predicted octanol–water partition coefficient (Wildman–Crippen LogP) is 24.6. The average Bonchev–Trinajstić information content (AvgIpc) is 1.38. The van der Waals surface area contributed by atoms with Gasteiger partial charge in [0.2, 0.25) is 69.7 Å². The highest BCUT2D eigenvalue weighted by molar-refractivity contribution is 9.10. The van der Waals surface area contributed by atoms with Crippen LogP contribution in [-0.2, 0) is 49.8 Å². The fourth-order valence-electron chi connectivity index (χ4n) is 14.2. The fraction of sp³-hybridized carbons (Fsp3) is 0.131. The third-order valence-corrected chi connectivity index (χ3v) is 26.3. The lowest BCUT2D eigenvalue weighted by molar-refractivity contribution is 0.0334. The Bertz CT molecular complexity index is 7980. The molecule has 5 heterocycles. The van der Waals surface area contributed by atoms with Gasteiger partial charge in [0.05, 0.1) is 54.9 Å². The van der Waals surface area contributed by atoms with Crippen LogP contribution in [0.3, 0.4) is 0 Å². The Hall–Kier alpha value is -15.0. The number of pyridine rings is 3. The second-order valence-electron chi connectivity index (χ2n) is 32.4. The summed E-state index contributed by atoms with van der Waals surface area (Å²) in [6, 6.07) is 82.4. The minimum atomic E-state index is -5.00. The van der Waals surface area contributed by atoms with Crippen LogP contribution in [-0.4, -0.2) is 122 Å². The van der Waals surface area contributed by atoms with Crippen molar-refractivity contribution in [3.63, 3.8) is 0 Å². The largest absolute Gasteiger partial charge is 0.639 e. The van der Waals surface area contributed by atoms with E-state index in [0.717, 1.165) is 95.5 Å². The molecule has 5 aromatic heterocycles. The van der Waals surface area contributed by atoms with Gasteiger partial charge in [-0.25, -0.2) is 39.7 Å². The van der Waals surface area contributed by atoms with Gasteiger partial charge >= 0.3 is 34.7 Å². The van der Waals surface area contributed by atoms with Gasteiger partial charge in [-0.05, 0) is 221 Å². The minimum absolute atomic E-state index is 0.0760. The maximum absolute atomic E-state index is 14.0. The standard InChI is InChI=1S/C28H16F5NO4S.C26H20N2O4S.C15H5ClF5NO3S.C13H13BO3.C13H11BrO.C9H21BO3.C3H4N2O/c1-37-21-14-16(15-5-3-2-4-6-15)7-9-20(21)27-19-10-8-18(13-17(19)11-12-34-27)39(35,36)38-28-25(32)23(30)22(29)24(31)26(28)33;1-31-25-16-19(18-5-3-2-4-6-18)7-9-24(25)26-23-10-8-22(15-20(23)11-13-27-26)33(29,30)17-21-12-14-32-28-21;16-15-8-2-1-7(5-6(8)3-4-22-15)26(23,24)25-14-12(20)10(18)9(17)11(19)13(14)21;1-17-13-9-11(7-8-12(13)14(15)16)10-5-3-2-4-6-10;1-15-13-9-11(7-8-12(13)14)10-5-3-2-4-6-10;1-7(2)11-10(12-8(3)4)13-9(5)6;4-3-1-2-6-5-3/h2-14H,1H3;2-16H,17H2,1H3;1-5H;2-9,15-16H,1H3;2-9H,1H3;7-9H,1-6H3;1-2H,(H2,4,5). The molecule has 0 radical (unpaired) electrons. The van der Waals surface area contributed by atoms with E-state index in [9.17, 15) is 79.2 Å². The number of hydrogen-bond acceptors (Lipinski definition) is 25. The van der Waals surface area contributed by atoms with E-state index in [4.69, 9.17) is 54.8 Å². The zero-order chi connectivity index (χ0) is 108. The number of benzene rings is 13. The van der Waals surface area contributed by atoms with Crippen LogP contribution in [0.4, 0.5) is 49.7 Å². The van der Waals surface area contributed by atoms with Gasteiger partial charge in [-0.3, -0.25) is 9.97 Å². The zero-order valence-electron chi connectivity index (χ0n) is 80.4. The van der Waals surface area contributed by atoms with Gasteiger partial charge in [0.25, 0.3) is 0 Å². The number of sulfone groups is 1. The van der Waals surface area contributed by atoms with E-state index in [1.165, 1.54) is 69.0 Å². The van der Waals surface area contributed by atoms with Crippen LogP contribution in [0, 0.1) is 58.2 Å². The first-order chi connectivity index (χ1) is 71.1. The summed E-state index contributed by atoms with van der Waals surface area (Å²) >= 11 is 9.27. The summed E-state index contributed by atoms with van der Waals surface area (Å²) in [5.41, 5.74) is 16.8. The number of aromatic nitrogens is 5. The van der Waals surface area contributed by atoms with Gasteiger partial charge in [-0.15, -0.1) is 0 Å². The Kier molecular flexibility index (Phi) is 39.0. The molecule has 4 N–H and O–H groups in total. The molecule has 149 heavy (non-hydrogen) atoms. The van der Waals surface area contributed by atoms with E-state index < -0.39 is 124 Å². The molecule has 770 valence electrons. The van der Waals surface area contributed by atoms with Gasteiger partial charge in [0, 0.05) is 81.8 Å². The van der Waals surface area contributed by atoms with Crippen molar-refractivity contribution in [1.29, 1.82) is 0 Å². The number of methoxy groups -OCH3 is 4. The van der Waals surface area contributed by atoms with Crippen LogP contribution in [0.5, 0.6) is 34.5 Å². The second-order valence-corrected chi connectivity index (χ2v) is 38.7. The van der Waals surface area contributed by atoms with E-state index in [0.29, 0.717) is 67.0 Å². The molecule has 0 spiro atoms. The van der Waals surface area contributed by atoms with Crippen LogP contribution < -0.4 is 38.5 Å². The number of nitrogen functional groups attached to an aromatic ring is 1. The normalized spacial score (nSPS) is 11.2. The number of nitrogens with two attached hydrogens (primary N) is 1. The van der Waals surface area contributed by atoms with Crippen LogP contribution in [0.1, 0.15) is 47.2 Å². The van der Waals surface area contributed by atoms with Crippen molar-refractivity contribution in [3.8, 4) is 102 Å². The van der Waals surface area contributed by atoms with Gasteiger partial charge in [-0.1, -0.05) is 186 Å². The quantitative estimate of drug-likeness (QED) is 0.0113. The van der Waals surface area contributed by atoms with Crippen LogP contribution in [0.15, 0.2) is 338 Å². The van der Waals surface area contributed by atoms with Crippen molar-refractivity contribution >= 4 is 116 Å². The van der Waals surface area contributed by atoms with Crippen molar-refractivity contribution in [2.45, 2.75) is 80.3 Å². The molecule has 0 saturated carbocycles. The lowest BCUT2D eigenvalue weighted by Gasteiger charge is -2.20. The summed E-state index contributed by atoms with van der Waals surface area (Å²) < 4.78 is 267. The SMILES string of the molecule is CC(C)OB(OC(C)C)OC(C)C.COc1cc(-c2ccccc2)ccc1-c1nccc2cc(S(=O)(=O)Cc3ccon3)ccc12.COc1cc(-c2ccccc2)ccc1-c1nccc2cc(S(=O)(=O)Oc3c(F)c(F)c(F)c(F)c3F)ccc12.COc1cc(-c2ccccc2)ccc1B(O)O.COc1cc(-c2ccccc2)ccc1Br.Nc1ccon1.O=S(=O)(Oc1c(F)c(F)c(F)c(F)c1F)c1ccc2c(Cl)nccc2c1. The molecule has 0 bridgehead atoms. The molecule has 18 aromatic rings. The topological polar surface area (TPSA) is 343 Å². The Morgan fingerprint density at radius 3 is 1.06 bits per heavy atom. The smallest absolute Gasteiger partial charge is 0.497 e. The summed E-state index contributed by atoms with van der Waals surface area (Å²) in [7, 11) is -9.22. The average molecular weight is 2190 g/mol. The van der Waals surface area contributed by atoms with Crippen molar-refractivity contribution in [2.24, 2.45) is 0 Å². The molecule has 0 aliphatic heterocycles. The molecule has 0 fully saturated rings. The molecule has 25 nitrogen and oxygen atoms in total. The van der Waals surface area contributed by atoms with Crippen molar-refractivity contribution in [2.75, 3.05) is 34.2 Å². The van der Waals surface area contributed by atoms with E-state index >= 15 is 0 Å². The second kappa shape index (κ2) is 51.5. The van der Waals surface area contributed by atoms with Crippen LogP contribution >= 0.6 is 27.5 Å². The molecule has 18 rings (SSSR count). The number of fused-ring (bicyclic) bond motifs is 3. The molecule has 0 unspecified atom stereocenters. The number of ether oxygens (including phenoxy) is 4. The van der Waals surface area contributed by atoms with E-state index in [1.807, 2.05) is 199 Å². The summed E-state index contributed by atoms with van der Waals surface area (Å²) in [5.74, 6) is -24.9. The monoisotopic (exact) mass is 2180 g/mol. The highest BCUT2D eigenvalue weighted by Gasteiger charge is 2.35. The molecule has 0 atom stereocenters. The summed E-state index contributed by atoms with van der Waals surface area (Å²) in [5, 5.41) is 28.6.